The van der Waals surface area contributed by atoms with E-state index in [2.05, 4.69) is 10.2 Å². The Bertz CT molecular complexity index is 494. The lowest BCUT2D eigenvalue weighted by molar-refractivity contribution is -0.757. The lowest BCUT2D eigenvalue weighted by Crippen LogP contribution is -2.16. The van der Waals surface area contributed by atoms with Gasteiger partial charge in [-0.25, -0.2) is 0 Å². The van der Waals surface area contributed by atoms with Gasteiger partial charge in [0.2, 0.25) is 5.91 Å². The Morgan fingerprint density at radius 3 is 2.81 bits per heavy atom. The Hall–Kier alpha value is -2.55. The highest BCUT2D eigenvalue weighted by atomic mass is 17.0. The maximum Gasteiger partial charge on any atom is 0.294 e. The molecule has 0 bridgehead atoms. The number of ether oxygens (including phenoxy) is 2. The third-order valence-electron chi connectivity index (χ3n) is 2.37. The predicted octanol–water partition coefficient (Wildman–Crippen LogP) is 0.570. The summed E-state index contributed by atoms with van der Waals surface area (Å²) in [4.78, 5) is 25.7. The summed E-state index contributed by atoms with van der Waals surface area (Å²) in [5.41, 5.74) is 5.74. The van der Waals surface area contributed by atoms with E-state index in [9.17, 15) is 14.9 Å². The number of nitrogens with zero attached hydrogens (tertiary/aromatic N) is 1. The van der Waals surface area contributed by atoms with Crippen molar-refractivity contribution in [2.24, 2.45) is 5.73 Å². The van der Waals surface area contributed by atoms with E-state index in [1.165, 1.54) is 7.11 Å². The molecule has 0 atom stereocenters. The molecule has 1 rings (SSSR count). The summed E-state index contributed by atoms with van der Waals surface area (Å²) >= 11 is 0. The number of amides is 1. The number of nitrogens with one attached hydrogen (secondary N) is 1. The molecule has 1 aromatic carbocycles. The molecule has 0 saturated heterocycles. The van der Waals surface area contributed by atoms with Gasteiger partial charge in [0, 0.05) is 19.0 Å². The second-order valence-electron chi connectivity index (χ2n) is 3.85. The molecule has 1 amide bonds. The molecule has 0 saturated carbocycles. The summed E-state index contributed by atoms with van der Waals surface area (Å²) in [6.45, 7) is 0.0555. The number of nitrogens with two attached hydrogens (primary N) is 1. The molecule has 0 heterocycles. The van der Waals surface area contributed by atoms with E-state index in [1.807, 2.05) is 0 Å². The minimum atomic E-state index is -0.893. The Labute approximate surface area is 121 Å². The van der Waals surface area contributed by atoms with Gasteiger partial charge in [0.05, 0.1) is 12.8 Å². The van der Waals surface area contributed by atoms with Crippen LogP contribution in [0.25, 0.3) is 0 Å². The van der Waals surface area contributed by atoms with Gasteiger partial charge in [-0.2, -0.15) is 0 Å². The molecule has 0 radical (unpaired) electrons. The van der Waals surface area contributed by atoms with Crippen molar-refractivity contribution in [1.29, 1.82) is 0 Å². The quantitative estimate of drug-likeness (QED) is 0.388. The average molecular weight is 299 g/mol. The number of hydrogen-bond acceptors (Lipinski definition) is 7. The normalized spacial score (nSPS) is 9.81. The highest BCUT2D eigenvalue weighted by molar-refractivity contribution is 5.92. The van der Waals surface area contributed by atoms with Gasteiger partial charge in [0.25, 0.3) is 5.09 Å². The second kappa shape index (κ2) is 8.59. The number of benzene rings is 1. The van der Waals surface area contributed by atoms with Crippen LogP contribution in [0, 0.1) is 10.1 Å². The Morgan fingerprint density at radius 2 is 2.19 bits per heavy atom. The van der Waals surface area contributed by atoms with E-state index < -0.39 is 5.09 Å². The fourth-order valence-corrected chi connectivity index (χ4v) is 1.49. The molecule has 21 heavy (non-hydrogen) atoms. The molecule has 0 unspecified atom stereocenters. The molecular formula is C12H17N3O6. The first-order valence-corrected chi connectivity index (χ1v) is 6.15. The van der Waals surface area contributed by atoms with E-state index in [0.717, 1.165) is 0 Å². The average Bonchev–Trinajstić information content (AvgIpc) is 2.44. The molecule has 116 valence electrons. The molecule has 9 nitrogen and oxygen atoms in total. The van der Waals surface area contributed by atoms with Crippen molar-refractivity contribution in [3.63, 3.8) is 0 Å². The largest absolute Gasteiger partial charge is 0.495 e. The molecule has 9 heteroatoms. The van der Waals surface area contributed by atoms with Crippen molar-refractivity contribution in [3.05, 3.63) is 28.3 Å². The lowest BCUT2D eigenvalue weighted by Gasteiger charge is -2.12. The lowest BCUT2D eigenvalue weighted by atomic mass is 10.2. The van der Waals surface area contributed by atoms with Gasteiger partial charge in [-0.1, -0.05) is 0 Å². The van der Waals surface area contributed by atoms with E-state index in [1.54, 1.807) is 18.2 Å². The van der Waals surface area contributed by atoms with Crippen LogP contribution in [0.1, 0.15) is 6.42 Å². The van der Waals surface area contributed by atoms with E-state index in [0.29, 0.717) is 17.2 Å². The van der Waals surface area contributed by atoms with Gasteiger partial charge in [0.15, 0.2) is 0 Å². The maximum atomic E-state index is 11.5. The first-order chi connectivity index (χ1) is 10.1. The van der Waals surface area contributed by atoms with Gasteiger partial charge in [-0.15, -0.1) is 10.1 Å². The fourth-order valence-electron chi connectivity index (χ4n) is 1.49. The molecule has 0 spiro atoms. The number of anilines is 1. The third-order valence-corrected chi connectivity index (χ3v) is 2.37. The highest BCUT2D eigenvalue weighted by Gasteiger charge is 2.09. The second-order valence-corrected chi connectivity index (χ2v) is 3.85. The van der Waals surface area contributed by atoms with Gasteiger partial charge < -0.3 is 25.4 Å². The summed E-state index contributed by atoms with van der Waals surface area (Å²) in [6, 6.07) is 4.78. The number of carbonyl (C=O) groups excluding carboxylic acids is 1. The van der Waals surface area contributed by atoms with Crippen molar-refractivity contribution >= 4 is 11.6 Å². The topological polar surface area (TPSA) is 126 Å². The third kappa shape index (κ3) is 5.95. The van der Waals surface area contributed by atoms with Crippen molar-refractivity contribution in [2.75, 3.05) is 32.2 Å². The predicted molar refractivity (Wildman–Crippen MR) is 73.7 cm³/mol. The molecule has 0 aromatic heterocycles. The minimum absolute atomic E-state index is 0.00347. The highest BCUT2D eigenvalue weighted by Crippen LogP contribution is 2.29. The van der Waals surface area contributed by atoms with Crippen LogP contribution < -0.4 is 20.5 Å². The Morgan fingerprint density at radius 1 is 1.43 bits per heavy atom. The molecular weight excluding hydrogens is 282 g/mol. The summed E-state index contributed by atoms with van der Waals surface area (Å²) in [7, 11) is 1.47. The Kier molecular flexibility index (Phi) is 6.75. The van der Waals surface area contributed by atoms with Crippen LogP contribution in [0.5, 0.6) is 11.5 Å². The molecule has 0 aliphatic carbocycles. The van der Waals surface area contributed by atoms with Gasteiger partial charge >= 0.3 is 0 Å². The van der Waals surface area contributed by atoms with Crippen molar-refractivity contribution < 1.29 is 24.2 Å². The smallest absolute Gasteiger partial charge is 0.294 e. The molecule has 3 N–H and O–H groups in total. The monoisotopic (exact) mass is 299 g/mol. The van der Waals surface area contributed by atoms with E-state index in [-0.39, 0.29) is 32.1 Å². The van der Waals surface area contributed by atoms with Gasteiger partial charge in [-0.05, 0) is 12.1 Å². The van der Waals surface area contributed by atoms with E-state index in [4.69, 9.17) is 15.2 Å². The summed E-state index contributed by atoms with van der Waals surface area (Å²) in [5.74, 6) is 0.643. The number of carbonyl (C=O) groups is 1. The summed E-state index contributed by atoms with van der Waals surface area (Å²) < 4.78 is 10.4. The van der Waals surface area contributed by atoms with Crippen LogP contribution in [0.3, 0.4) is 0 Å². The maximum absolute atomic E-state index is 11.5. The van der Waals surface area contributed by atoms with Crippen LogP contribution in [0.4, 0.5) is 5.69 Å². The first kappa shape index (κ1) is 16.5. The van der Waals surface area contributed by atoms with E-state index >= 15 is 0 Å². The standard InChI is InChI=1S/C12H17N3O6/c1-19-11-3-2-9(20-6-7-21-15(17)18)8-10(11)14-12(16)4-5-13/h2-3,8H,4-7,13H2,1H3,(H,14,16). The van der Waals surface area contributed by atoms with Crippen LogP contribution in [0.15, 0.2) is 18.2 Å². The van der Waals surface area contributed by atoms with Crippen LogP contribution in [0.2, 0.25) is 0 Å². The zero-order chi connectivity index (χ0) is 15.7. The van der Waals surface area contributed by atoms with Crippen molar-refractivity contribution in [3.8, 4) is 11.5 Å². The van der Waals surface area contributed by atoms with Gasteiger partial charge in [-0.3, -0.25) is 4.79 Å². The SMILES string of the molecule is COc1ccc(OCCO[N+](=O)[O-])cc1NC(=O)CCN. The van der Waals surface area contributed by atoms with Gasteiger partial charge in [0.1, 0.15) is 24.7 Å². The number of methoxy groups -OCH3 is 1. The summed E-state index contributed by atoms with van der Waals surface area (Å²) in [6.07, 6.45) is 0.185. The zero-order valence-electron chi connectivity index (χ0n) is 11.5. The Balaban J connectivity index is 2.65. The molecule has 0 aliphatic rings. The van der Waals surface area contributed by atoms with Crippen LogP contribution in [-0.2, 0) is 9.63 Å². The fraction of sp³-hybridized carbons (Fsp3) is 0.417. The minimum Gasteiger partial charge on any atom is -0.495 e. The van der Waals surface area contributed by atoms with Crippen molar-refractivity contribution in [2.45, 2.75) is 6.42 Å². The number of rotatable bonds is 9. The summed E-state index contributed by atoms with van der Waals surface area (Å²) in [5, 5.41) is 11.7. The van der Waals surface area contributed by atoms with Crippen molar-refractivity contribution in [1.82, 2.24) is 0 Å². The van der Waals surface area contributed by atoms with Crippen LogP contribution in [-0.4, -0.2) is 37.9 Å². The van der Waals surface area contributed by atoms with Crippen LogP contribution >= 0.6 is 0 Å². The number of hydrogen-bond donors (Lipinski definition) is 2. The molecule has 0 fully saturated rings. The molecule has 1 aromatic rings. The zero-order valence-corrected chi connectivity index (χ0v) is 11.5. The molecule has 0 aliphatic heterocycles. The first-order valence-electron chi connectivity index (χ1n) is 6.15.